The normalized spacial score (nSPS) is 10.4. The number of aromatic carboxylic acids is 1. The van der Waals surface area contributed by atoms with Crippen LogP contribution in [0.3, 0.4) is 0 Å². The Kier molecular flexibility index (Phi) is 3.70. The maximum Gasteiger partial charge on any atom is 0.360 e. The molecule has 6 heteroatoms. The van der Waals surface area contributed by atoms with Gasteiger partial charge >= 0.3 is 11.9 Å². The fraction of sp³-hybridized carbons (Fsp3) is 0.231. The molecule has 6 nitrogen and oxygen atoms in total. The predicted molar refractivity (Wildman–Crippen MR) is 67.0 cm³/mol. The first-order valence-corrected chi connectivity index (χ1v) is 5.82. The third-order valence-corrected chi connectivity index (χ3v) is 2.41. The van der Waals surface area contributed by atoms with Crippen molar-refractivity contribution in [3.05, 3.63) is 30.0 Å². The molecule has 0 amide bonds. The summed E-state index contributed by atoms with van der Waals surface area (Å²) in [5, 5.41) is 9.07. The topological polar surface area (TPSA) is 89.4 Å². The third kappa shape index (κ3) is 2.85. The number of nitrogens with zero attached hydrogens (tertiary/aromatic N) is 2. The van der Waals surface area contributed by atoms with Gasteiger partial charge in [-0.15, -0.1) is 0 Å². The molecule has 2 aromatic rings. The zero-order valence-corrected chi connectivity index (χ0v) is 10.3. The van der Waals surface area contributed by atoms with E-state index in [-0.39, 0.29) is 18.0 Å². The molecule has 19 heavy (non-hydrogen) atoms. The van der Waals surface area contributed by atoms with Gasteiger partial charge in [-0.25, -0.2) is 14.8 Å². The number of para-hydroxylation sites is 2. The summed E-state index contributed by atoms with van der Waals surface area (Å²) in [4.78, 5) is 30.5. The van der Waals surface area contributed by atoms with Crippen molar-refractivity contribution in [3.8, 4) is 5.88 Å². The number of carbonyl (C=O) groups excluding carboxylic acids is 1. The Morgan fingerprint density at radius 2 is 1.84 bits per heavy atom. The summed E-state index contributed by atoms with van der Waals surface area (Å²) in [5.41, 5.74) is 0.560. The van der Waals surface area contributed by atoms with Crippen molar-refractivity contribution in [2.24, 2.45) is 0 Å². The Morgan fingerprint density at radius 3 is 2.42 bits per heavy atom. The molecule has 1 N–H and O–H groups in total. The van der Waals surface area contributed by atoms with Gasteiger partial charge in [-0.1, -0.05) is 19.1 Å². The number of carboxylic acids is 1. The maximum atomic E-state index is 11.4. The Balaban J connectivity index is 2.47. The summed E-state index contributed by atoms with van der Waals surface area (Å²) in [6, 6.07) is 6.79. The van der Waals surface area contributed by atoms with Crippen LogP contribution in [-0.2, 0) is 4.79 Å². The Hall–Kier alpha value is -2.50. The van der Waals surface area contributed by atoms with Gasteiger partial charge in [0.25, 0.3) is 5.88 Å². The van der Waals surface area contributed by atoms with Gasteiger partial charge in [0.05, 0.1) is 11.0 Å². The molecule has 0 unspecified atom stereocenters. The molecule has 0 bridgehead atoms. The number of aromatic nitrogens is 2. The number of hydrogen-bond donors (Lipinski definition) is 1. The number of ether oxygens (including phenoxy) is 1. The minimum absolute atomic E-state index is 0.202. The smallest absolute Gasteiger partial charge is 0.360 e. The zero-order chi connectivity index (χ0) is 13.8. The van der Waals surface area contributed by atoms with Crippen molar-refractivity contribution in [2.45, 2.75) is 19.8 Å². The van der Waals surface area contributed by atoms with E-state index in [1.165, 1.54) is 0 Å². The number of fused-ring (bicyclic) bond motifs is 1. The van der Waals surface area contributed by atoms with Crippen LogP contribution in [0, 0.1) is 0 Å². The van der Waals surface area contributed by atoms with Crippen molar-refractivity contribution < 1.29 is 19.4 Å². The number of hydrogen-bond acceptors (Lipinski definition) is 5. The molecule has 2 rings (SSSR count). The van der Waals surface area contributed by atoms with E-state index in [1.54, 1.807) is 24.3 Å². The van der Waals surface area contributed by atoms with E-state index in [0.717, 1.165) is 0 Å². The van der Waals surface area contributed by atoms with Gasteiger partial charge in [0.2, 0.25) is 5.69 Å². The van der Waals surface area contributed by atoms with E-state index in [2.05, 4.69) is 9.97 Å². The van der Waals surface area contributed by atoms with Gasteiger partial charge in [-0.2, -0.15) is 0 Å². The van der Waals surface area contributed by atoms with Crippen LogP contribution in [-0.4, -0.2) is 27.0 Å². The first kappa shape index (κ1) is 12.9. The van der Waals surface area contributed by atoms with Gasteiger partial charge in [0.15, 0.2) is 0 Å². The summed E-state index contributed by atoms with van der Waals surface area (Å²) >= 11 is 0. The predicted octanol–water partition coefficient (Wildman–Crippen LogP) is 2.03. The molecule has 0 atom stereocenters. The standard InChI is InChI=1S/C13H12N2O4/c1-2-5-10(16)19-12-11(13(17)18)14-8-6-3-4-7-9(8)15-12/h3-4,6-7H,2,5H2,1H3,(H,17,18). The van der Waals surface area contributed by atoms with Crippen LogP contribution in [0.1, 0.15) is 30.3 Å². The highest BCUT2D eigenvalue weighted by molar-refractivity contribution is 5.92. The molecule has 0 radical (unpaired) electrons. The number of rotatable bonds is 4. The summed E-state index contributed by atoms with van der Waals surface area (Å²) < 4.78 is 4.96. The van der Waals surface area contributed by atoms with Crippen molar-refractivity contribution in [3.63, 3.8) is 0 Å². The summed E-state index contributed by atoms with van der Waals surface area (Å²) in [5.74, 6) is -2.06. The fourth-order valence-electron chi connectivity index (χ4n) is 1.56. The maximum absolute atomic E-state index is 11.4. The first-order valence-electron chi connectivity index (χ1n) is 5.82. The third-order valence-electron chi connectivity index (χ3n) is 2.41. The Morgan fingerprint density at radius 1 is 1.21 bits per heavy atom. The van der Waals surface area contributed by atoms with Crippen LogP contribution < -0.4 is 4.74 Å². The van der Waals surface area contributed by atoms with Crippen molar-refractivity contribution in [1.29, 1.82) is 0 Å². The second kappa shape index (κ2) is 5.43. The number of carbonyl (C=O) groups is 2. The average Bonchev–Trinajstić information content (AvgIpc) is 2.38. The molecule has 1 heterocycles. The molecule has 0 spiro atoms. The molecule has 1 aromatic carbocycles. The van der Waals surface area contributed by atoms with Crippen LogP contribution in [0.5, 0.6) is 5.88 Å². The summed E-state index contributed by atoms with van der Waals surface area (Å²) in [7, 11) is 0. The SMILES string of the molecule is CCCC(=O)Oc1nc2ccccc2nc1C(=O)O. The van der Waals surface area contributed by atoms with Crippen LogP contribution in [0.2, 0.25) is 0 Å². The van der Waals surface area contributed by atoms with E-state index < -0.39 is 11.9 Å². The van der Waals surface area contributed by atoms with Crippen molar-refractivity contribution in [1.82, 2.24) is 9.97 Å². The van der Waals surface area contributed by atoms with Crippen molar-refractivity contribution in [2.75, 3.05) is 0 Å². The molecular weight excluding hydrogens is 248 g/mol. The minimum atomic E-state index is -1.28. The minimum Gasteiger partial charge on any atom is -0.476 e. The Labute approximate surface area is 109 Å². The molecule has 98 valence electrons. The molecule has 0 saturated carbocycles. The van der Waals surface area contributed by atoms with Crippen LogP contribution in [0.15, 0.2) is 24.3 Å². The van der Waals surface area contributed by atoms with Crippen molar-refractivity contribution >= 4 is 23.0 Å². The van der Waals surface area contributed by atoms with E-state index in [0.29, 0.717) is 17.5 Å². The summed E-state index contributed by atoms with van der Waals surface area (Å²) in [6.45, 7) is 1.82. The van der Waals surface area contributed by atoms with E-state index in [1.807, 2.05) is 6.92 Å². The van der Waals surface area contributed by atoms with Gasteiger partial charge in [0.1, 0.15) is 0 Å². The zero-order valence-electron chi connectivity index (χ0n) is 10.3. The molecule has 0 fully saturated rings. The number of benzene rings is 1. The largest absolute Gasteiger partial charge is 0.476 e. The highest BCUT2D eigenvalue weighted by Crippen LogP contribution is 2.19. The molecule has 1 aromatic heterocycles. The number of carboxylic acid groups (broad SMARTS) is 1. The van der Waals surface area contributed by atoms with E-state index >= 15 is 0 Å². The lowest BCUT2D eigenvalue weighted by Crippen LogP contribution is -2.13. The highest BCUT2D eigenvalue weighted by atomic mass is 16.5. The van der Waals surface area contributed by atoms with Gasteiger partial charge < -0.3 is 9.84 Å². The van der Waals surface area contributed by atoms with Gasteiger partial charge in [-0.05, 0) is 18.6 Å². The monoisotopic (exact) mass is 260 g/mol. The second-order valence-corrected chi connectivity index (χ2v) is 3.90. The molecule has 0 aliphatic rings. The average molecular weight is 260 g/mol. The van der Waals surface area contributed by atoms with E-state index in [9.17, 15) is 9.59 Å². The van der Waals surface area contributed by atoms with E-state index in [4.69, 9.17) is 9.84 Å². The molecule has 0 saturated heterocycles. The summed E-state index contributed by atoms with van der Waals surface area (Å²) in [6.07, 6.45) is 0.815. The molecule has 0 aliphatic carbocycles. The quantitative estimate of drug-likeness (QED) is 0.846. The Bertz CT molecular complexity index is 640. The lowest BCUT2D eigenvalue weighted by atomic mass is 10.3. The molecular formula is C13H12N2O4. The van der Waals surface area contributed by atoms with Gasteiger partial charge in [0, 0.05) is 6.42 Å². The lowest BCUT2D eigenvalue weighted by Gasteiger charge is -2.06. The highest BCUT2D eigenvalue weighted by Gasteiger charge is 2.19. The van der Waals surface area contributed by atoms with Crippen LogP contribution in [0.4, 0.5) is 0 Å². The van der Waals surface area contributed by atoms with Gasteiger partial charge in [-0.3, -0.25) is 4.79 Å². The second-order valence-electron chi connectivity index (χ2n) is 3.90. The number of esters is 1. The first-order chi connectivity index (χ1) is 9.11. The lowest BCUT2D eigenvalue weighted by molar-refractivity contribution is -0.134. The van der Waals surface area contributed by atoms with Crippen LogP contribution in [0.25, 0.3) is 11.0 Å². The fourth-order valence-corrected chi connectivity index (χ4v) is 1.56. The van der Waals surface area contributed by atoms with Crippen LogP contribution >= 0.6 is 0 Å². The molecule has 0 aliphatic heterocycles.